The summed E-state index contributed by atoms with van der Waals surface area (Å²) in [6.07, 6.45) is 9.08. The van der Waals surface area contributed by atoms with Crippen LogP contribution in [0.15, 0.2) is 67.0 Å². The standard InChI is InChI=1S/C25H27N3O3/c1-30-21-11-12-22(24(15-21)31-2)23-9-6-14-28(23)25(29)13-10-20-16-26-27(18-20)17-19-7-4-3-5-8-19/h3-5,7-8,10-13,15-16,18,23H,6,9,14,17H2,1-2H3/b13-10+/t23-/m0/s1. The summed E-state index contributed by atoms with van der Waals surface area (Å²) in [5.74, 6) is 1.48. The molecule has 0 radical (unpaired) electrons. The maximum atomic E-state index is 13.0. The molecule has 0 aliphatic carbocycles. The van der Waals surface area contributed by atoms with Crippen LogP contribution in [0.2, 0.25) is 0 Å². The normalized spacial score (nSPS) is 16.1. The number of amides is 1. The van der Waals surface area contributed by atoms with Crippen molar-refractivity contribution in [2.75, 3.05) is 20.8 Å². The molecule has 6 nitrogen and oxygen atoms in total. The summed E-state index contributed by atoms with van der Waals surface area (Å²) in [4.78, 5) is 14.9. The number of likely N-dealkylation sites (tertiary alicyclic amines) is 1. The molecule has 1 atom stereocenters. The molecule has 160 valence electrons. The first kappa shape index (κ1) is 20.7. The van der Waals surface area contributed by atoms with Gasteiger partial charge in [0.1, 0.15) is 11.5 Å². The van der Waals surface area contributed by atoms with Gasteiger partial charge < -0.3 is 14.4 Å². The molecule has 2 aromatic carbocycles. The van der Waals surface area contributed by atoms with E-state index in [1.54, 1.807) is 26.5 Å². The number of carbonyl (C=O) groups is 1. The zero-order chi connectivity index (χ0) is 21.6. The number of rotatable bonds is 7. The van der Waals surface area contributed by atoms with Gasteiger partial charge in [0.15, 0.2) is 0 Å². The predicted octanol–water partition coefficient (Wildman–Crippen LogP) is 4.33. The molecule has 0 bridgehead atoms. The number of nitrogens with zero attached hydrogens (tertiary/aromatic N) is 3. The average molecular weight is 418 g/mol. The van der Waals surface area contributed by atoms with Gasteiger partial charge in [0.05, 0.1) is 33.0 Å². The van der Waals surface area contributed by atoms with Crippen LogP contribution in [0.1, 0.15) is 35.6 Å². The monoisotopic (exact) mass is 417 g/mol. The highest BCUT2D eigenvalue weighted by Crippen LogP contribution is 2.38. The fraction of sp³-hybridized carbons (Fsp3) is 0.280. The van der Waals surface area contributed by atoms with Crippen molar-refractivity contribution >= 4 is 12.0 Å². The summed E-state index contributed by atoms with van der Waals surface area (Å²) in [5.41, 5.74) is 3.10. The van der Waals surface area contributed by atoms with Crippen molar-refractivity contribution in [3.63, 3.8) is 0 Å². The van der Waals surface area contributed by atoms with Gasteiger partial charge in [0.2, 0.25) is 5.91 Å². The first-order valence-corrected chi connectivity index (χ1v) is 10.4. The zero-order valence-electron chi connectivity index (χ0n) is 17.9. The maximum absolute atomic E-state index is 13.0. The van der Waals surface area contributed by atoms with Crippen LogP contribution in [-0.2, 0) is 11.3 Å². The molecule has 1 aromatic heterocycles. The van der Waals surface area contributed by atoms with Gasteiger partial charge in [-0.3, -0.25) is 9.48 Å². The third-order valence-electron chi connectivity index (χ3n) is 5.59. The van der Waals surface area contributed by atoms with Crippen LogP contribution in [-0.4, -0.2) is 41.4 Å². The minimum absolute atomic E-state index is 0.00110. The fourth-order valence-corrected chi connectivity index (χ4v) is 4.03. The second-order valence-electron chi connectivity index (χ2n) is 7.59. The van der Waals surface area contributed by atoms with Crippen LogP contribution in [0.25, 0.3) is 6.08 Å². The maximum Gasteiger partial charge on any atom is 0.247 e. The lowest BCUT2D eigenvalue weighted by Gasteiger charge is -2.25. The molecule has 2 heterocycles. The van der Waals surface area contributed by atoms with Gasteiger partial charge >= 0.3 is 0 Å². The van der Waals surface area contributed by atoms with Crippen molar-refractivity contribution < 1.29 is 14.3 Å². The van der Waals surface area contributed by atoms with Gasteiger partial charge in [-0.25, -0.2) is 0 Å². The number of methoxy groups -OCH3 is 2. The minimum atomic E-state index is -0.00354. The van der Waals surface area contributed by atoms with Crippen molar-refractivity contribution in [3.8, 4) is 11.5 Å². The Kier molecular flexibility index (Phi) is 6.36. The van der Waals surface area contributed by atoms with E-state index in [1.807, 2.05) is 58.3 Å². The van der Waals surface area contributed by atoms with Gasteiger partial charge in [-0.05, 0) is 36.6 Å². The Labute approximate surface area is 182 Å². The fourth-order valence-electron chi connectivity index (χ4n) is 4.03. The van der Waals surface area contributed by atoms with Gasteiger partial charge in [0.25, 0.3) is 0 Å². The van der Waals surface area contributed by atoms with Crippen molar-refractivity contribution in [3.05, 3.63) is 83.7 Å². The van der Waals surface area contributed by atoms with E-state index in [4.69, 9.17) is 9.47 Å². The van der Waals surface area contributed by atoms with E-state index >= 15 is 0 Å². The molecular weight excluding hydrogens is 390 g/mol. The van der Waals surface area contributed by atoms with E-state index in [1.165, 1.54) is 5.56 Å². The van der Waals surface area contributed by atoms with Gasteiger partial charge in [-0.1, -0.05) is 30.3 Å². The summed E-state index contributed by atoms with van der Waals surface area (Å²) >= 11 is 0. The predicted molar refractivity (Wildman–Crippen MR) is 120 cm³/mol. The third kappa shape index (κ3) is 4.79. The van der Waals surface area contributed by atoms with Crippen LogP contribution in [0, 0.1) is 0 Å². The molecule has 1 aliphatic heterocycles. The van der Waals surface area contributed by atoms with E-state index in [0.29, 0.717) is 6.54 Å². The highest BCUT2D eigenvalue weighted by Gasteiger charge is 2.31. The molecule has 4 rings (SSSR count). The topological polar surface area (TPSA) is 56.6 Å². The highest BCUT2D eigenvalue weighted by molar-refractivity contribution is 5.92. The Balaban J connectivity index is 1.45. The van der Waals surface area contributed by atoms with E-state index in [2.05, 4.69) is 17.2 Å². The molecule has 3 aromatic rings. The molecule has 1 aliphatic rings. The lowest BCUT2D eigenvalue weighted by molar-refractivity contribution is -0.126. The first-order chi connectivity index (χ1) is 15.2. The molecule has 0 saturated carbocycles. The van der Waals surface area contributed by atoms with Crippen molar-refractivity contribution in [1.82, 2.24) is 14.7 Å². The van der Waals surface area contributed by atoms with Crippen LogP contribution in [0.4, 0.5) is 0 Å². The molecule has 0 N–H and O–H groups in total. The van der Waals surface area contributed by atoms with Crippen LogP contribution in [0.3, 0.4) is 0 Å². The molecule has 6 heteroatoms. The average Bonchev–Trinajstić information content (AvgIpc) is 3.47. The van der Waals surface area contributed by atoms with Crippen molar-refractivity contribution in [2.24, 2.45) is 0 Å². The summed E-state index contributed by atoms with van der Waals surface area (Å²) in [5, 5.41) is 4.40. The van der Waals surface area contributed by atoms with Crippen molar-refractivity contribution in [2.45, 2.75) is 25.4 Å². The summed E-state index contributed by atoms with van der Waals surface area (Å²) < 4.78 is 12.7. The lowest BCUT2D eigenvalue weighted by atomic mass is 10.0. The smallest absolute Gasteiger partial charge is 0.247 e. The number of aromatic nitrogens is 2. The highest BCUT2D eigenvalue weighted by atomic mass is 16.5. The quantitative estimate of drug-likeness (QED) is 0.537. The molecular formula is C25H27N3O3. The third-order valence-corrected chi connectivity index (χ3v) is 5.59. The van der Waals surface area contributed by atoms with E-state index in [9.17, 15) is 4.79 Å². The minimum Gasteiger partial charge on any atom is -0.497 e. The Morgan fingerprint density at radius 2 is 2.00 bits per heavy atom. The molecule has 1 fully saturated rings. The molecule has 0 spiro atoms. The largest absolute Gasteiger partial charge is 0.497 e. The van der Waals surface area contributed by atoms with Crippen LogP contribution < -0.4 is 9.47 Å². The molecule has 0 unspecified atom stereocenters. The van der Waals surface area contributed by atoms with Gasteiger partial charge in [-0.15, -0.1) is 0 Å². The van der Waals surface area contributed by atoms with E-state index in [0.717, 1.165) is 42.0 Å². The number of ether oxygens (including phenoxy) is 2. The Morgan fingerprint density at radius 3 is 2.77 bits per heavy atom. The number of carbonyl (C=O) groups excluding carboxylic acids is 1. The summed E-state index contributed by atoms with van der Waals surface area (Å²) in [7, 11) is 3.28. The Hall–Kier alpha value is -3.54. The number of hydrogen-bond donors (Lipinski definition) is 0. The summed E-state index contributed by atoms with van der Waals surface area (Å²) in [6.45, 7) is 1.43. The second kappa shape index (κ2) is 9.51. The Bertz CT molecular complexity index is 1060. The van der Waals surface area contributed by atoms with Crippen LogP contribution in [0.5, 0.6) is 11.5 Å². The van der Waals surface area contributed by atoms with Gasteiger partial charge in [0, 0.05) is 36.0 Å². The first-order valence-electron chi connectivity index (χ1n) is 10.4. The molecule has 1 amide bonds. The van der Waals surface area contributed by atoms with Crippen LogP contribution >= 0.6 is 0 Å². The molecule has 1 saturated heterocycles. The second-order valence-corrected chi connectivity index (χ2v) is 7.59. The van der Waals surface area contributed by atoms with Crippen molar-refractivity contribution in [1.29, 1.82) is 0 Å². The lowest BCUT2D eigenvalue weighted by Crippen LogP contribution is -2.29. The van der Waals surface area contributed by atoms with Gasteiger partial charge in [-0.2, -0.15) is 5.10 Å². The Morgan fingerprint density at radius 1 is 1.16 bits per heavy atom. The number of benzene rings is 2. The van der Waals surface area contributed by atoms with E-state index < -0.39 is 0 Å². The number of hydrogen-bond acceptors (Lipinski definition) is 4. The molecule has 31 heavy (non-hydrogen) atoms. The zero-order valence-corrected chi connectivity index (χ0v) is 17.9. The van der Waals surface area contributed by atoms with E-state index in [-0.39, 0.29) is 11.9 Å². The SMILES string of the molecule is COc1ccc([C@@H]2CCCN2C(=O)/C=C/c2cnn(Cc3ccccc3)c2)c(OC)c1. The summed E-state index contributed by atoms with van der Waals surface area (Å²) in [6, 6.07) is 15.9.